The second kappa shape index (κ2) is 7.74. The van der Waals surface area contributed by atoms with Crippen LogP contribution in [-0.4, -0.2) is 36.6 Å². The number of anilines is 1. The molecule has 0 aliphatic rings. The number of amides is 1. The van der Waals surface area contributed by atoms with Crippen LogP contribution in [0.2, 0.25) is 0 Å². The Morgan fingerprint density at radius 3 is 2.64 bits per heavy atom. The first-order valence-corrected chi connectivity index (χ1v) is 7.14. The second-order valence-corrected chi connectivity index (χ2v) is 5.60. The number of rotatable bonds is 8. The third-order valence-electron chi connectivity index (χ3n) is 3.41. The van der Waals surface area contributed by atoms with Crippen molar-refractivity contribution in [2.45, 2.75) is 32.7 Å². The largest absolute Gasteiger partial charge is 0.383 e. The average molecular weight is 309 g/mol. The number of benzene rings is 1. The van der Waals surface area contributed by atoms with Gasteiger partial charge in [0.05, 0.1) is 11.5 Å². The molecule has 0 spiro atoms. The van der Waals surface area contributed by atoms with Gasteiger partial charge in [0.2, 0.25) is 0 Å². The molecule has 0 fully saturated rings. The van der Waals surface area contributed by atoms with E-state index in [0.29, 0.717) is 18.8 Å². The highest BCUT2D eigenvalue weighted by atomic mass is 16.6. The summed E-state index contributed by atoms with van der Waals surface area (Å²) in [6.45, 7) is 6.65. The Hall–Kier alpha value is -2.15. The highest BCUT2D eigenvalue weighted by Gasteiger charge is 2.22. The summed E-state index contributed by atoms with van der Waals surface area (Å²) in [5.74, 6) is -0.321. The fourth-order valence-electron chi connectivity index (χ4n) is 1.73. The maximum Gasteiger partial charge on any atom is 0.293 e. The van der Waals surface area contributed by atoms with E-state index in [-0.39, 0.29) is 22.7 Å². The first-order chi connectivity index (χ1) is 10.3. The van der Waals surface area contributed by atoms with Crippen molar-refractivity contribution in [2.75, 3.05) is 25.6 Å². The maximum absolute atomic E-state index is 12.2. The molecule has 122 valence electrons. The molecule has 7 nitrogen and oxygen atoms in total. The minimum absolute atomic E-state index is 0.127. The number of nitrogens with zero attached hydrogens (tertiary/aromatic N) is 1. The number of nitrogens with one attached hydrogen (secondary N) is 2. The van der Waals surface area contributed by atoms with E-state index in [9.17, 15) is 14.9 Å². The van der Waals surface area contributed by atoms with E-state index in [1.54, 1.807) is 19.2 Å². The molecule has 0 saturated carbocycles. The molecule has 22 heavy (non-hydrogen) atoms. The van der Waals surface area contributed by atoms with Crippen molar-refractivity contribution in [2.24, 2.45) is 0 Å². The number of carbonyl (C=O) groups excluding carboxylic acids is 1. The quantitative estimate of drug-likeness (QED) is 0.437. The molecule has 7 heteroatoms. The summed E-state index contributed by atoms with van der Waals surface area (Å²) in [5, 5.41) is 17.0. The molecule has 0 aliphatic heterocycles. The van der Waals surface area contributed by atoms with Crippen molar-refractivity contribution in [3.05, 3.63) is 33.9 Å². The van der Waals surface area contributed by atoms with Gasteiger partial charge in [0.25, 0.3) is 11.6 Å². The lowest BCUT2D eigenvalue weighted by molar-refractivity contribution is -0.384. The lowest BCUT2D eigenvalue weighted by Crippen LogP contribution is -2.42. The lowest BCUT2D eigenvalue weighted by Gasteiger charge is -2.24. The molecule has 0 heterocycles. The molecule has 0 aliphatic carbocycles. The molecule has 0 bridgehead atoms. The first kappa shape index (κ1) is 17.9. The van der Waals surface area contributed by atoms with Crippen LogP contribution >= 0.6 is 0 Å². The number of methoxy groups -OCH3 is 1. The van der Waals surface area contributed by atoms with E-state index >= 15 is 0 Å². The Kier molecular flexibility index (Phi) is 6.30. The van der Waals surface area contributed by atoms with Crippen LogP contribution < -0.4 is 10.6 Å². The molecule has 0 radical (unpaired) electrons. The number of hydrogen-bond donors (Lipinski definition) is 2. The van der Waals surface area contributed by atoms with Gasteiger partial charge in [-0.2, -0.15) is 0 Å². The molecule has 1 amide bonds. The van der Waals surface area contributed by atoms with Gasteiger partial charge < -0.3 is 15.4 Å². The Bertz CT molecular complexity index is 544. The molecule has 2 N–H and O–H groups in total. The zero-order chi connectivity index (χ0) is 16.8. The van der Waals surface area contributed by atoms with Gasteiger partial charge in [-0.15, -0.1) is 0 Å². The van der Waals surface area contributed by atoms with Crippen LogP contribution in [-0.2, 0) is 4.74 Å². The molecular formula is C15H23N3O4. The van der Waals surface area contributed by atoms with Crippen LogP contribution in [0.3, 0.4) is 0 Å². The summed E-state index contributed by atoms with van der Waals surface area (Å²) >= 11 is 0. The van der Waals surface area contributed by atoms with Gasteiger partial charge in [0.15, 0.2) is 0 Å². The number of carbonyl (C=O) groups is 1. The van der Waals surface area contributed by atoms with E-state index in [1.807, 2.05) is 20.8 Å². The van der Waals surface area contributed by atoms with Crippen molar-refractivity contribution < 1.29 is 14.5 Å². The summed E-state index contributed by atoms with van der Waals surface area (Å²) < 4.78 is 4.90. The van der Waals surface area contributed by atoms with E-state index in [2.05, 4.69) is 10.6 Å². The van der Waals surface area contributed by atoms with E-state index in [4.69, 9.17) is 4.74 Å². The number of ether oxygens (including phenoxy) is 1. The third kappa shape index (κ3) is 5.00. The van der Waals surface area contributed by atoms with Gasteiger partial charge in [-0.05, 0) is 32.4 Å². The van der Waals surface area contributed by atoms with E-state index in [1.165, 1.54) is 6.07 Å². The highest BCUT2D eigenvalue weighted by Crippen LogP contribution is 2.25. The maximum atomic E-state index is 12.2. The smallest absolute Gasteiger partial charge is 0.293 e. The third-order valence-corrected chi connectivity index (χ3v) is 3.41. The van der Waals surface area contributed by atoms with Crippen LogP contribution in [0.25, 0.3) is 0 Å². The van der Waals surface area contributed by atoms with Crippen LogP contribution in [0.4, 0.5) is 11.4 Å². The summed E-state index contributed by atoms with van der Waals surface area (Å²) in [4.78, 5) is 22.9. The highest BCUT2D eigenvalue weighted by molar-refractivity contribution is 5.96. The fraction of sp³-hybridized carbons (Fsp3) is 0.533. The molecule has 0 unspecified atom stereocenters. The SMILES string of the molecule is CCC(C)(C)NC(=O)c1ccc(NCCOC)c([N+](=O)[O-])c1. The molecule has 1 aromatic rings. The van der Waals surface area contributed by atoms with Gasteiger partial charge in [-0.25, -0.2) is 0 Å². The number of hydrogen-bond acceptors (Lipinski definition) is 5. The van der Waals surface area contributed by atoms with Crippen molar-refractivity contribution in [3.63, 3.8) is 0 Å². The minimum Gasteiger partial charge on any atom is -0.383 e. The Balaban J connectivity index is 2.97. The fourth-order valence-corrected chi connectivity index (χ4v) is 1.73. The normalized spacial score (nSPS) is 11.1. The topological polar surface area (TPSA) is 93.5 Å². The predicted octanol–water partition coefficient (Wildman–Crippen LogP) is 2.57. The van der Waals surface area contributed by atoms with E-state index < -0.39 is 4.92 Å². The van der Waals surface area contributed by atoms with Crippen molar-refractivity contribution in [1.82, 2.24) is 5.32 Å². The molecule has 0 atom stereocenters. The standard InChI is InChI=1S/C15H23N3O4/c1-5-15(2,3)17-14(19)11-6-7-12(16-8-9-22-4)13(10-11)18(20)21/h6-7,10,16H,5,8-9H2,1-4H3,(H,17,19). The van der Waals surface area contributed by atoms with E-state index in [0.717, 1.165) is 6.42 Å². The Morgan fingerprint density at radius 1 is 1.41 bits per heavy atom. The Labute approximate surface area is 130 Å². The summed E-state index contributed by atoms with van der Waals surface area (Å²) in [5.41, 5.74) is 0.151. The molecular weight excluding hydrogens is 286 g/mol. The number of nitro benzene ring substituents is 1. The molecule has 1 aromatic carbocycles. The van der Waals surface area contributed by atoms with Crippen LogP contribution in [0.5, 0.6) is 0 Å². The van der Waals surface area contributed by atoms with Crippen molar-refractivity contribution in [3.8, 4) is 0 Å². The van der Waals surface area contributed by atoms with Crippen molar-refractivity contribution in [1.29, 1.82) is 0 Å². The zero-order valence-electron chi connectivity index (χ0n) is 13.4. The van der Waals surface area contributed by atoms with Gasteiger partial charge in [0, 0.05) is 30.8 Å². The molecule has 0 saturated heterocycles. The minimum atomic E-state index is -0.503. The van der Waals surface area contributed by atoms with Gasteiger partial charge in [-0.1, -0.05) is 6.92 Å². The van der Waals surface area contributed by atoms with Gasteiger partial charge in [-0.3, -0.25) is 14.9 Å². The van der Waals surface area contributed by atoms with Crippen LogP contribution in [0.15, 0.2) is 18.2 Å². The van der Waals surface area contributed by atoms with Crippen LogP contribution in [0, 0.1) is 10.1 Å². The summed E-state index contributed by atoms with van der Waals surface area (Å²) in [6, 6.07) is 4.40. The second-order valence-electron chi connectivity index (χ2n) is 5.60. The monoisotopic (exact) mass is 309 g/mol. The Morgan fingerprint density at radius 2 is 2.09 bits per heavy atom. The molecule has 1 rings (SSSR count). The number of nitro groups is 1. The van der Waals surface area contributed by atoms with Gasteiger partial charge in [0.1, 0.15) is 5.69 Å². The summed E-state index contributed by atoms with van der Waals surface area (Å²) in [6.07, 6.45) is 0.761. The van der Waals surface area contributed by atoms with Crippen molar-refractivity contribution >= 4 is 17.3 Å². The predicted molar refractivity (Wildman–Crippen MR) is 85.3 cm³/mol. The molecule has 0 aromatic heterocycles. The average Bonchev–Trinajstić information content (AvgIpc) is 2.47. The zero-order valence-corrected chi connectivity index (χ0v) is 13.4. The van der Waals surface area contributed by atoms with Crippen LogP contribution in [0.1, 0.15) is 37.6 Å². The van der Waals surface area contributed by atoms with Gasteiger partial charge >= 0.3 is 0 Å². The lowest BCUT2D eigenvalue weighted by atomic mass is 10.0. The summed E-state index contributed by atoms with van der Waals surface area (Å²) in [7, 11) is 1.55. The first-order valence-electron chi connectivity index (χ1n) is 7.14.